The van der Waals surface area contributed by atoms with Crippen LogP contribution in [0.25, 0.3) is 82.5 Å². The van der Waals surface area contributed by atoms with Gasteiger partial charge in [0.05, 0.1) is 33.1 Å². The lowest BCUT2D eigenvalue weighted by Gasteiger charge is -2.35. The van der Waals surface area contributed by atoms with Crippen molar-refractivity contribution in [3.8, 4) is 17.1 Å². The first-order chi connectivity index (χ1) is 41.2. The zero-order valence-corrected chi connectivity index (χ0v) is 47.6. The lowest BCUT2D eigenvalue weighted by molar-refractivity contribution is 1.16. The molecule has 0 saturated carbocycles. The Morgan fingerprint density at radius 1 is 0.181 bits per heavy atom. The third kappa shape index (κ3) is 7.42. The molecule has 83 heavy (non-hydrogen) atoms. The molecule has 0 aliphatic rings. The van der Waals surface area contributed by atoms with Gasteiger partial charge in [-0.15, -0.1) is 0 Å². The summed E-state index contributed by atoms with van der Waals surface area (Å²) < 4.78 is 7.52. The minimum absolute atomic E-state index is 1.11. The van der Waals surface area contributed by atoms with Crippen molar-refractivity contribution >= 4 is 123 Å². The van der Waals surface area contributed by atoms with E-state index >= 15 is 0 Å². The highest BCUT2D eigenvalue weighted by atomic mass is 28.3. The quantitative estimate of drug-likeness (QED) is 0.0906. The minimum Gasteiger partial charge on any atom is -0.309 e. The van der Waals surface area contributed by atoms with E-state index in [1.807, 2.05) is 0 Å². The van der Waals surface area contributed by atoms with Crippen LogP contribution in [0, 0.1) is 0 Å². The van der Waals surface area contributed by atoms with Crippen molar-refractivity contribution in [2.75, 3.05) is 0 Å². The average molecular weight is 1090 g/mol. The number of hydrogen-bond donors (Lipinski definition) is 0. The third-order valence-electron chi connectivity index (χ3n) is 17.7. The summed E-state index contributed by atoms with van der Waals surface area (Å²) in [6.07, 6.45) is 0. The van der Waals surface area contributed by atoms with Crippen molar-refractivity contribution in [1.82, 2.24) is 13.7 Å². The van der Waals surface area contributed by atoms with Crippen LogP contribution in [-0.4, -0.2) is 29.8 Å². The fourth-order valence-corrected chi connectivity index (χ4v) is 24.2. The van der Waals surface area contributed by atoms with Crippen molar-refractivity contribution in [2.45, 2.75) is 0 Å². The highest BCUT2D eigenvalue weighted by molar-refractivity contribution is 7.21. The Labute approximate surface area is 484 Å². The Morgan fingerprint density at radius 2 is 0.482 bits per heavy atom. The summed E-state index contributed by atoms with van der Waals surface area (Å²) in [6, 6.07) is 126. The number of para-hydroxylation sites is 4. The molecule has 16 aromatic rings. The molecule has 3 aromatic heterocycles. The van der Waals surface area contributed by atoms with Crippen LogP contribution >= 0.6 is 0 Å². The second kappa shape index (κ2) is 19.7. The molecule has 0 radical (unpaired) electrons. The minimum atomic E-state index is -3.19. The molecule has 13 aromatic carbocycles. The van der Waals surface area contributed by atoms with Crippen LogP contribution in [0.15, 0.2) is 334 Å². The normalized spacial score (nSPS) is 12.1. The van der Waals surface area contributed by atoms with Crippen molar-refractivity contribution in [3.05, 3.63) is 334 Å². The van der Waals surface area contributed by atoms with E-state index in [2.05, 4.69) is 347 Å². The Bertz CT molecular complexity index is 4890. The topological polar surface area (TPSA) is 14.8 Å². The van der Waals surface area contributed by atoms with Crippen LogP contribution < -0.4 is 41.5 Å². The lowest BCUT2D eigenvalue weighted by Crippen LogP contribution is -2.74. The molecule has 0 aliphatic heterocycles. The SMILES string of the molecule is c1ccc([Si](c2ccccc2)(c2ccccc2)c2cccc(-n3c4ccccc4c4ccc(-n5c6ccccc6c6c([Si](c7ccccc7)(c7ccccc7)c7cccc(-n8c9ccccc9c9ccccc98)c7)cccc65)cc43)c2)cc1. The van der Waals surface area contributed by atoms with Gasteiger partial charge in [-0.05, 0) is 108 Å². The fourth-order valence-electron chi connectivity index (χ4n) is 14.4. The van der Waals surface area contributed by atoms with Gasteiger partial charge in [0.25, 0.3) is 0 Å². The molecule has 390 valence electrons. The fraction of sp³-hybridized carbons (Fsp3) is 0. The van der Waals surface area contributed by atoms with Crippen LogP contribution in [0.2, 0.25) is 0 Å². The van der Waals surface area contributed by atoms with Gasteiger partial charge < -0.3 is 13.7 Å². The largest absolute Gasteiger partial charge is 0.309 e. The maximum Gasteiger partial charge on any atom is 0.180 e. The zero-order chi connectivity index (χ0) is 54.9. The van der Waals surface area contributed by atoms with Crippen LogP contribution in [0.3, 0.4) is 0 Å². The molecule has 16 rings (SSSR count). The van der Waals surface area contributed by atoms with E-state index in [0.29, 0.717) is 0 Å². The number of benzene rings is 13. The third-order valence-corrected chi connectivity index (χ3v) is 27.3. The monoisotopic (exact) mass is 1090 g/mol. The number of aromatic nitrogens is 3. The van der Waals surface area contributed by atoms with Crippen LogP contribution in [0.5, 0.6) is 0 Å². The van der Waals surface area contributed by atoms with E-state index in [1.54, 1.807) is 0 Å². The number of rotatable bonds is 11. The summed E-state index contributed by atoms with van der Waals surface area (Å²) in [5.74, 6) is 0. The van der Waals surface area contributed by atoms with E-state index in [-0.39, 0.29) is 0 Å². The number of hydrogen-bond acceptors (Lipinski definition) is 0. The van der Waals surface area contributed by atoms with Crippen molar-refractivity contribution in [2.24, 2.45) is 0 Å². The molecule has 0 fully saturated rings. The molecule has 3 nitrogen and oxygen atoms in total. The van der Waals surface area contributed by atoms with Gasteiger partial charge in [0, 0.05) is 49.4 Å². The van der Waals surface area contributed by atoms with E-state index in [1.165, 1.54) is 101 Å². The molecule has 0 spiro atoms. The smallest absolute Gasteiger partial charge is 0.180 e. The van der Waals surface area contributed by atoms with Crippen LogP contribution in [0.4, 0.5) is 0 Å². The van der Waals surface area contributed by atoms with Crippen molar-refractivity contribution in [1.29, 1.82) is 0 Å². The van der Waals surface area contributed by atoms with Crippen LogP contribution in [-0.2, 0) is 0 Å². The molecule has 0 saturated heterocycles. The average Bonchev–Trinajstić information content (AvgIpc) is 2.03. The standard InChI is InChI=1S/C78H55N3Si2/c1-6-29-59(30-7-1)82(60-31-8-2-9-32-60,61-33-10-3-11-34-61)64-39-24-28-57(53-64)81-73-47-22-18-43-68(73)69-52-51-58(55-76(69)81)80-74-48-23-19-44-70(74)78-75(80)49-26-50-77(78)83(62-35-12-4-13-36-62,63-37-14-5-15-38-63)65-40-25-27-56(54-65)79-71-45-20-16-41-66(71)67-42-17-21-46-72(67)79/h1-55H. The van der Waals surface area contributed by atoms with E-state index in [4.69, 9.17) is 0 Å². The summed E-state index contributed by atoms with van der Waals surface area (Å²) in [6.45, 7) is 0. The molecule has 0 bridgehead atoms. The van der Waals surface area contributed by atoms with Gasteiger partial charge in [0.2, 0.25) is 0 Å². The van der Waals surface area contributed by atoms with Gasteiger partial charge in [-0.2, -0.15) is 0 Å². The van der Waals surface area contributed by atoms with E-state index in [0.717, 1.165) is 22.6 Å². The van der Waals surface area contributed by atoms with Gasteiger partial charge in [-0.1, -0.05) is 267 Å². The summed E-state index contributed by atoms with van der Waals surface area (Å²) in [4.78, 5) is 0. The summed E-state index contributed by atoms with van der Waals surface area (Å²) >= 11 is 0. The maximum atomic E-state index is 2.54. The number of fused-ring (bicyclic) bond motifs is 9. The Hall–Kier alpha value is -10.3. The highest BCUT2D eigenvalue weighted by Crippen LogP contribution is 2.38. The predicted molar refractivity (Wildman–Crippen MR) is 357 cm³/mol. The molecule has 0 aliphatic carbocycles. The van der Waals surface area contributed by atoms with Gasteiger partial charge in [-0.3, -0.25) is 0 Å². The van der Waals surface area contributed by atoms with Crippen molar-refractivity contribution in [3.63, 3.8) is 0 Å². The highest BCUT2D eigenvalue weighted by Gasteiger charge is 2.44. The van der Waals surface area contributed by atoms with Gasteiger partial charge in [0.1, 0.15) is 0 Å². The second-order valence-corrected chi connectivity index (χ2v) is 29.5. The first-order valence-electron chi connectivity index (χ1n) is 28.8. The van der Waals surface area contributed by atoms with Gasteiger partial charge >= 0.3 is 0 Å². The van der Waals surface area contributed by atoms with E-state index < -0.39 is 16.1 Å². The first kappa shape index (κ1) is 48.6. The Morgan fingerprint density at radius 3 is 0.940 bits per heavy atom. The Balaban J connectivity index is 0.946. The lowest BCUT2D eigenvalue weighted by atomic mass is 10.1. The molecule has 0 amide bonds. The van der Waals surface area contributed by atoms with Gasteiger partial charge in [-0.25, -0.2) is 0 Å². The molecular formula is C78H55N3Si2. The van der Waals surface area contributed by atoms with E-state index in [9.17, 15) is 0 Å². The molecule has 0 unspecified atom stereocenters. The van der Waals surface area contributed by atoms with Crippen LogP contribution in [0.1, 0.15) is 0 Å². The van der Waals surface area contributed by atoms with Gasteiger partial charge in [0.15, 0.2) is 16.1 Å². The molecular weight excluding hydrogens is 1040 g/mol. The first-order valence-corrected chi connectivity index (χ1v) is 32.8. The zero-order valence-electron chi connectivity index (χ0n) is 45.6. The maximum absolute atomic E-state index is 3.19. The molecule has 5 heteroatoms. The molecule has 0 atom stereocenters. The number of nitrogens with zero attached hydrogens (tertiary/aromatic N) is 3. The summed E-state index contributed by atoms with van der Waals surface area (Å²) in [7, 11) is -6.03. The molecule has 3 heterocycles. The summed E-state index contributed by atoms with van der Waals surface area (Å²) in [5.41, 5.74) is 10.5. The molecule has 0 N–H and O–H groups in total. The predicted octanol–water partition coefficient (Wildman–Crippen LogP) is 13.7. The second-order valence-electron chi connectivity index (χ2n) is 21.9. The Kier molecular flexibility index (Phi) is 11.6. The van der Waals surface area contributed by atoms with Crippen molar-refractivity contribution < 1.29 is 0 Å². The summed E-state index contributed by atoms with van der Waals surface area (Å²) in [5, 5.41) is 18.2.